The first kappa shape index (κ1) is 16.5. The van der Waals surface area contributed by atoms with Crippen LogP contribution in [0.3, 0.4) is 0 Å². The van der Waals surface area contributed by atoms with E-state index < -0.39 is 0 Å². The molecule has 0 bridgehead atoms. The summed E-state index contributed by atoms with van der Waals surface area (Å²) in [6, 6.07) is 0. The van der Waals surface area contributed by atoms with Crippen molar-refractivity contribution in [3.63, 3.8) is 0 Å². The van der Waals surface area contributed by atoms with Crippen LogP contribution in [0.5, 0.6) is 0 Å². The molecule has 1 heteroatoms. The fourth-order valence-electron chi connectivity index (χ4n) is 0. The summed E-state index contributed by atoms with van der Waals surface area (Å²) in [7, 11) is 0. The van der Waals surface area contributed by atoms with Crippen LogP contribution in [0, 0.1) is 13.8 Å². The normalized spacial score (nSPS) is 2.40. The van der Waals surface area contributed by atoms with Gasteiger partial charge < -0.3 is 13.8 Å². The Morgan fingerprint density at radius 1 is 0.800 bits per heavy atom. The molecule has 0 aromatic heterocycles. The molecule has 0 aliphatic carbocycles. The van der Waals surface area contributed by atoms with Gasteiger partial charge in [-0.25, -0.2) is 0 Å². The molecule has 5 heavy (non-hydrogen) atoms. The molecule has 0 aromatic rings. The van der Waals surface area contributed by atoms with Gasteiger partial charge in [0.2, 0.25) is 0 Å². The van der Waals surface area contributed by atoms with E-state index in [1.807, 2.05) is 0 Å². The quantitative estimate of drug-likeness (QED) is 0.457. The predicted molar refractivity (Wildman–Crippen MR) is 22.1 cm³/mol. The zero-order valence-electron chi connectivity index (χ0n) is 3.99. The van der Waals surface area contributed by atoms with Gasteiger partial charge in [0.05, 0.1) is 0 Å². The average molecular weight is 147 g/mol. The van der Waals surface area contributed by atoms with Gasteiger partial charge in [-0.1, -0.05) is 0 Å². The van der Waals surface area contributed by atoms with Crippen molar-refractivity contribution in [2.75, 3.05) is 0 Å². The van der Waals surface area contributed by atoms with Gasteiger partial charge in [0.15, 0.2) is 0 Å². The van der Waals surface area contributed by atoms with Gasteiger partial charge in [0, 0.05) is 0 Å². The molecule has 0 radical (unpaired) electrons. The van der Waals surface area contributed by atoms with Crippen LogP contribution in [-0.4, -0.2) is 0 Å². The van der Waals surface area contributed by atoms with Gasteiger partial charge >= 0.3 is 32.7 Å². The van der Waals surface area contributed by atoms with E-state index in [9.17, 15) is 0 Å². The van der Waals surface area contributed by atoms with Gasteiger partial charge in [0.1, 0.15) is 0 Å². The summed E-state index contributed by atoms with van der Waals surface area (Å²) in [5, 5.41) is 0. The van der Waals surface area contributed by atoms with E-state index in [-0.39, 0.29) is 32.7 Å². The summed E-state index contributed by atoms with van der Waals surface area (Å²) in [4.78, 5) is 0. The maximum absolute atomic E-state index is 3.25. The second-order valence-electron chi connectivity index (χ2n) is 0. The number of hydrogen-bond donors (Lipinski definition) is 0. The monoisotopic (exact) mass is 147 g/mol. The maximum atomic E-state index is 3.25. The van der Waals surface area contributed by atoms with Gasteiger partial charge in [-0.15, -0.1) is 0 Å². The molecular formula is C4H10Y+. The Hall–Kier alpha value is 1.10. The van der Waals surface area contributed by atoms with E-state index in [4.69, 9.17) is 0 Å². The molecule has 0 fully saturated rings. The molecule has 0 amide bonds. The molecule has 0 saturated carbocycles. The summed E-state index contributed by atoms with van der Waals surface area (Å²) in [6.45, 7) is 10.0. The van der Waals surface area contributed by atoms with Gasteiger partial charge in [0.25, 0.3) is 0 Å². The van der Waals surface area contributed by atoms with Crippen LogP contribution in [0.4, 0.5) is 0 Å². The van der Waals surface area contributed by atoms with Crippen molar-refractivity contribution in [2.45, 2.75) is 13.8 Å². The zero-order chi connectivity index (χ0) is 4.00. The summed E-state index contributed by atoms with van der Waals surface area (Å²) in [6.07, 6.45) is 0. The van der Waals surface area contributed by atoms with Crippen LogP contribution in [0.2, 0.25) is 0 Å². The number of rotatable bonds is 0. The summed E-state index contributed by atoms with van der Waals surface area (Å²) >= 11 is 0. The molecule has 0 N–H and O–H groups in total. The second kappa shape index (κ2) is 70.5. The fourth-order valence-corrected chi connectivity index (χ4v) is 0. The van der Waals surface area contributed by atoms with E-state index in [2.05, 4.69) is 13.8 Å². The molecule has 0 nitrogen and oxygen atoms in total. The van der Waals surface area contributed by atoms with Crippen LogP contribution in [0.15, 0.2) is 0 Å². The predicted octanol–water partition coefficient (Wildman–Crippen LogP) is 1.68. The fraction of sp³-hybridized carbons (Fsp3) is 0.500. The van der Waals surface area contributed by atoms with Crippen LogP contribution in [-0.2, 0) is 32.7 Å². The first-order valence-electron chi connectivity index (χ1n) is 1.41. The Bertz CT molecular complexity index is 3.61. The summed E-state index contributed by atoms with van der Waals surface area (Å²) in [5.41, 5.74) is 0. The average Bonchev–Trinajstić information content (AvgIpc) is 1.50. The van der Waals surface area contributed by atoms with Crippen molar-refractivity contribution >= 4 is 0 Å². The third-order valence-corrected chi connectivity index (χ3v) is 0. The first-order valence-corrected chi connectivity index (χ1v) is 1.41. The molecule has 28 valence electrons. The molecule has 0 aromatic carbocycles. The molecule has 0 atom stereocenters. The van der Waals surface area contributed by atoms with Crippen molar-refractivity contribution in [2.24, 2.45) is 0 Å². The second-order valence-corrected chi connectivity index (χ2v) is 0. The number of hydrogen-bond acceptors (Lipinski definition) is 0. The van der Waals surface area contributed by atoms with E-state index in [0.29, 0.717) is 0 Å². The van der Waals surface area contributed by atoms with E-state index in [0.717, 1.165) is 0 Å². The Morgan fingerprint density at radius 3 is 0.800 bits per heavy atom. The zero-order valence-corrected chi connectivity index (χ0v) is 6.83. The third-order valence-electron chi connectivity index (χ3n) is 0. The maximum Gasteiger partial charge on any atom is 3.00 e. The smallest absolute Gasteiger partial charge is 0.346 e. The minimum atomic E-state index is 0. The largest absolute Gasteiger partial charge is 3.00 e. The minimum absolute atomic E-state index is 0. The van der Waals surface area contributed by atoms with Gasteiger partial charge in [-0.3, -0.25) is 0 Å². The standard InChI is InChI=1S/2C2H5.Y/c2*1-2;/h2*1H2,2H3;/q2*-1;+3. The van der Waals surface area contributed by atoms with Crippen molar-refractivity contribution in [1.82, 2.24) is 0 Å². The van der Waals surface area contributed by atoms with Gasteiger partial charge in [-0.05, 0) is 0 Å². The Kier molecular flexibility index (Phi) is 233. The molecule has 0 aliphatic rings. The Balaban J connectivity index is -0.0000000133. The van der Waals surface area contributed by atoms with E-state index in [1.54, 1.807) is 13.8 Å². The summed E-state index contributed by atoms with van der Waals surface area (Å²) in [5.74, 6) is 0. The van der Waals surface area contributed by atoms with Crippen molar-refractivity contribution in [3.8, 4) is 0 Å². The Morgan fingerprint density at radius 2 is 0.800 bits per heavy atom. The van der Waals surface area contributed by atoms with Crippen molar-refractivity contribution in [3.05, 3.63) is 13.8 Å². The minimum Gasteiger partial charge on any atom is -0.346 e. The van der Waals surface area contributed by atoms with Crippen LogP contribution in [0.25, 0.3) is 0 Å². The molecule has 0 rings (SSSR count). The van der Waals surface area contributed by atoms with Crippen molar-refractivity contribution in [1.29, 1.82) is 0 Å². The Labute approximate surface area is 60.2 Å². The van der Waals surface area contributed by atoms with Gasteiger partial charge in [-0.2, -0.15) is 13.8 Å². The van der Waals surface area contributed by atoms with Crippen molar-refractivity contribution < 1.29 is 32.7 Å². The third kappa shape index (κ3) is 40.4. The first-order chi connectivity index (χ1) is 2.00. The molecule has 0 heterocycles. The topological polar surface area (TPSA) is 0 Å². The van der Waals surface area contributed by atoms with Crippen LogP contribution >= 0.6 is 0 Å². The molecular weight excluding hydrogens is 137 g/mol. The van der Waals surface area contributed by atoms with Crippen LogP contribution in [0.1, 0.15) is 13.8 Å². The van der Waals surface area contributed by atoms with Crippen LogP contribution < -0.4 is 0 Å². The molecule has 0 spiro atoms. The SMILES string of the molecule is [CH2-]C.[CH2-]C.[Y+3]. The molecule has 0 aliphatic heterocycles. The van der Waals surface area contributed by atoms with E-state index >= 15 is 0 Å². The summed E-state index contributed by atoms with van der Waals surface area (Å²) < 4.78 is 0. The molecule has 0 saturated heterocycles. The van der Waals surface area contributed by atoms with E-state index in [1.165, 1.54) is 0 Å². The molecule has 0 unspecified atom stereocenters.